The van der Waals surface area contributed by atoms with E-state index < -0.39 is 9.84 Å². The number of carbonyl (C=O) groups excluding carboxylic acids is 1. The van der Waals surface area contributed by atoms with Crippen molar-refractivity contribution in [3.63, 3.8) is 0 Å². The highest BCUT2D eigenvalue weighted by Crippen LogP contribution is 2.29. The average molecular weight is 479 g/mol. The van der Waals surface area contributed by atoms with E-state index in [1.54, 1.807) is 27.7 Å². The van der Waals surface area contributed by atoms with Crippen molar-refractivity contribution >= 4 is 32.6 Å². The van der Waals surface area contributed by atoms with E-state index in [-0.39, 0.29) is 29.5 Å². The minimum atomic E-state index is -3.10. The van der Waals surface area contributed by atoms with Crippen molar-refractivity contribution in [2.45, 2.75) is 39.3 Å². The van der Waals surface area contributed by atoms with E-state index >= 15 is 0 Å². The lowest BCUT2D eigenvalue weighted by atomic mass is 10.1. The van der Waals surface area contributed by atoms with Gasteiger partial charge in [-0.25, -0.2) is 22.8 Å². The van der Waals surface area contributed by atoms with Crippen molar-refractivity contribution in [3.8, 4) is 11.3 Å². The Balaban J connectivity index is 1.57. The summed E-state index contributed by atoms with van der Waals surface area (Å²) in [6.45, 7) is 5.85. The molecule has 5 rings (SSSR count). The van der Waals surface area contributed by atoms with Gasteiger partial charge in [0.2, 0.25) is 0 Å². The quantitative estimate of drug-likeness (QED) is 0.467. The lowest BCUT2D eigenvalue weighted by molar-refractivity contribution is 0.102. The van der Waals surface area contributed by atoms with Gasteiger partial charge in [0.15, 0.2) is 15.5 Å². The van der Waals surface area contributed by atoms with Gasteiger partial charge in [0.05, 0.1) is 46.1 Å². The Morgan fingerprint density at radius 3 is 2.62 bits per heavy atom. The normalized spacial score (nSPS) is 17.5. The second-order valence-electron chi connectivity index (χ2n) is 8.97. The third-order valence-electron chi connectivity index (χ3n) is 6.02. The summed E-state index contributed by atoms with van der Waals surface area (Å²) in [6, 6.07) is 13.0. The lowest BCUT2D eigenvalue weighted by Crippen LogP contribution is -2.20. The molecular weight excluding hydrogens is 452 g/mol. The van der Waals surface area contributed by atoms with Gasteiger partial charge < -0.3 is 5.32 Å². The predicted molar refractivity (Wildman–Crippen MR) is 131 cm³/mol. The average Bonchev–Trinajstić information content (AvgIpc) is 3.49. The number of pyridine rings is 1. The maximum absolute atomic E-state index is 13.6. The summed E-state index contributed by atoms with van der Waals surface area (Å²) < 4.78 is 27.4. The molecule has 1 aliphatic heterocycles. The molecule has 10 heteroatoms. The van der Waals surface area contributed by atoms with Crippen LogP contribution in [0.5, 0.6) is 0 Å². The number of aromatic nitrogens is 5. The third-order valence-corrected chi connectivity index (χ3v) is 7.77. The highest BCUT2D eigenvalue weighted by atomic mass is 32.2. The molecule has 1 N–H and O–H groups in total. The number of amides is 1. The molecule has 0 aliphatic carbocycles. The highest BCUT2D eigenvalue weighted by Gasteiger charge is 2.31. The monoisotopic (exact) mass is 478 g/mol. The van der Waals surface area contributed by atoms with Gasteiger partial charge in [0.25, 0.3) is 5.91 Å². The zero-order valence-electron chi connectivity index (χ0n) is 19.3. The molecule has 1 saturated heterocycles. The van der Waals surface area contributed by atoms with E-state index in [2.05, 4.69) is 15.5 Å². The maximum Gasteiger partial charge on any atom is 0.257 e. The van der Waals surface area contributed by atoms with Gasteiger partial charge in [0, 0.05) is 17.7 Å². The number of fused-ring (bicyclic) bond motifs is 1. The summed E-state index contributed by atoms with van der Waals surface area (Å²) in [5.41, 5.74) is 3.35. The van der Waals surface area contributed by atoms with Gasteiger partial charge in [-0.3, -0.25) is 4.79 Å². The van der Waals surface area contributed by atoms with Crippen molar-refractivity contribution in [1.82, 2.24) is 24.5 Å². The molecule has 1 aliphatic rings. The number of nitrogens with zero attached hydrogens (tertiary/aromatic N) is 5. The van der Waals surface area contributed by atoms with Crippen molar-refractivity contribution < 1.29 is 13.2 Å². The van der Waals surface area contributed by atoms with E-state index in [1.165, 1.54) is 0 Å². The van der Waals surface area contributed by atoms with Crippen molar-refractivity contribution in [2.24, 2.45) is 0 Å². The lowest BCUT2D eigenvalue weighted by Gasteiger charge is -2.15. The molecule has 4 aromatic rings. The number of nitrogens with one attached hydrogen (secondary N) is 1. The first-order valence-corrected chi connectivity index (χ1v) is 13.1. The largest absolute Gasteiger partial charge is 0.307 e. The standard InChI is InChI=1S/C24H26N6O3S/c1-15(2)29-23-20(13-25-29)19(12-21(26-23)17-7-5-4-6-8-17)24(31)27-22-11-16(3)28-30(22)18-9-10-34(32,33)14-18/h4-8,11-13,15,18H,9-10,14H2,1-3H3,(H,27,31). The van der Waals surface area contributed by atoms with Gasteiger partial charge in [-0.15, -0.1) is 0 Å². The minimum absolute atomic E-state index is 0.0236. The van der Waals surface area contributed by atoms with Crippen LogP contribution in [0.4, 0.5) is 5.82 Å². The van der Waals surface area contributed by atoms with Crippen LogP contribution in [-0.2, 0) is 9.84 Å². The van der Waals surface area contributed by atoms with E-state index in [4.69, 9.17) is 4.98 Å². The number of hydrogen-bond donors (Lipinski definition) is 1. The number of aryl methyl sites for hydroxylation is 1. The zero-order chi connectivity index (χ0) is 24.0. The minimum Gasteiger partial charge on any atom is -0.307 e. The fraction of sp³-hybridized carbons (Fsp3) is 0.333. The van der Waals surface area contributed by atoms with Crippen molar-refractivity contribution in [2.75, 3.05) is 16.8 Å². The molecular formula is C24H26N6O3S. The van der Waals surface area contributed by atoms with Crippen LogP contribution in [0.3, 0.4) is 0 Å². The van der Waals surface area contributed by atoms with Crippen LogP contribution in [-0.4, -0.2) is 50.4 Å². The summed E-state index contributed by atoms with van der Waals surface area (Å²) in [6.07, 6.45) is 2.14. The highest BCUT2D eigenvalue weighted by molar-refractivity contribution is 7.91. The molecule has 1 unspecified atom stereocenters. The number of carbonyl (C=O) groups is 1. The van der Waals surface area contributed by atoms with Crippen LogP contribution in [0.25, 0.3) is 22.3 Å². The van der Waals surface area contributed by atoms with Gasteiger partial charge in [0.1, 0.15) is 5.82 Å². The molecule has 0 radical (unpaired) electrons. The first kappa shape index (κ1) is 22.3. The molecule has 9 nitrogen and oxygen atoms in total. The summed E-state index contributed by atoms with van der Waals surface area (Å²) in [5.74, 6) is 0.307. The Morgan fingerprint density at radius 2 is 1.94 bits per heavy atom. The van der Waals surface area contributed by atoms with Crippen LogP contribution < -0.4 is 5.32 Å². The van der Waals surface area contributed by atoms with Crippen LogP contribution in [0.1, 0.15) is 48.4 Å². The Bertz CT molecular complexity index is 1490. The van der Waals surface area contributed by atoms with Gasteiger partial charge in [-0.2, -0.15) is 10.2 Å². The van der Waals surface area contributed by atoms with Crippen molar-refractivity contribution in [1.29, 1.82) is 0 Å². The van der Waals surface area contributed by atoms with Crippen LogP contribution in [0, 0.1) is 6.92 Å². The first-order chi connectivity index (χ1) is 16.2. The van der Waals surface area contributed by atoms with E-state index in [9.17, 15) is 13.2 Å². The molecule has 1 aromatic carbocycles. The Kier molecular flexibility index (Phi) is 5.47. The predicted octanol–water partition coefficient (Wildman–Crippen LogP) is 3.80. The second kappa shape index (κ2) is 8.35. The second-order valence-corrected chi connectivity index (χ2v) is 11.2. The number of anilines is 1. The molecule has 34 heavy (non-hydrogen) atoms. The summed E-state index contributed by atoms with van der Waals surface area (Å²) in [5, 5.41) is 12.6. The topological polar surface area (TPSA) is 112 Å². The van der Waals surface area contributed by atoms with Gasteiger partial charge >= 0.3 is 0 Å². The molecule has 1 fully saturated rings. The summed E-state index contributed by atoms with van der Waals surface area (Å²) in [7, 11) is -3.10. The molecule has 1 amide bonds. The Labute approximate surface area is 197 Å². The van der Waals surface area contributed by atoms with E-state index in [0.29, 0.717) is 40.2 Å². The van der Waals surface area contributed by atoms with Crippen LogP contribution >= 0.6 is 0 Å². The van der Waals surface area contributed by atoms with E-state index in [1.807, 2.05) is 51.1 Å². The van der Waals surface area contributed by atoms with Crippen LogP contribution in [0.2, 0.25) is 0 Å². The van der Waals surface area contributed by atoms with Gasteiger partial charge in [-0.05, 0) is 33.3 Å². The summed E-state index contributed by atoms with van der Waals surface area (Å²) >= 11 is 0. The van der Waals surface area contributed by atoms with Gasteiger partial charge in [-0.1, -0.05) is 30.3 Å². The third kappa shape index (κ3) is 4.09. The van der Waals surface area contributed by atoms with Crippen LogP contribution in [0.15, 0.2) is 48.7 Å². The number of hydrogen-bond acceptors (Lipinski definition) is 6. The smallest absolute Gasteiger partial charge is 0.257 e. The SMILES string of the molecule is Cc1cc(NC(=O)c2cc(-c3ccccc3)nc3c2cnn3C(C)C)n(C2CCS(=O)(=O)C2)n1. The first-order valence-electron chi connectivity index (χ1n) is 11.2. The molecule has 0 spiro atoms. The molecule has 1 atom stereocenters. The van der Waals surface area contributed by atoms with Crippen molar-refractivity contribution in [3.05, 3.63) is 59.9 Å². The fourth-order valence-corrected chi connectivity index (χ4v) is 6.07. The number of rotatable bonds is 5. The maximum atomic E-state index is 13.6. The zero-order valence-corrected chi connectivity index (χ0v) is 20.1. The Morgan fingerprint density at radius 1 is 1.18 bits per heavy atom. The molecule has 4 heterocycles. The summed E-state index contributed by atoms with van der Waals surface area (Å²) in [4.78, 5) is 18.4. The Hall–Kier alpha value is -3.53. The molecule has 176 valence electrons. The number of benzene rings is 1. The number of sulfone groups is 1. The molecule has 0 bridgehead atoms. The fourth-order valence-electron chi connectivity index (χ4n) is 4.38. The molecule has 0 saturated carbocycles. The van der Waals surface area contributed by atoms with E-state index in [0.717, 1.165) is 5.56 Å². The molecule has 3 aromatic heterocycles.